The molecule has 2 fully saturated rings. The van der Waals surface area contributed by atoms with Gasteiger partial charge in [-0.2, -0.15) is 0 Å². The second kappa shape index (κ2) is 10.2. The zero-order valence-corrected chi connectivity index (χ0v) is 19.9. The molecule has 2 amide bonds. The van der Waals surface area contributed by atoms with Crippen molar-refractivity contribution < 1.29 is 23.8 Å². The molecule has 34 heavy (non-hydrogen) atoms. The van der Waals surface area contributed by atoms with Crippen molar-refractivity contribution in [2.24, 2.45) is 5.92 Å². The Labute approximate surface area is 203 Å². The molecular weight excluding hydrogens is 461 g/mol. The maximum atomic E-state index is 14.2. The lowest BCUT2D eigenvalue weighted by Gasteiger charge is -2.38. The first-order valence-electron chi connectivity index (χ1n) is 11.5. The number of carbonyl (C=O) groups excluding carboxylic acids is 1. The van der Waals surface area contributed by atoms with Crippen LogP contribution in [0.25, 0.3) is 0 Å². The minimum absolute atomic E-state index is 0.00922. The van der Waals surface area contributed by atoms with Crippen LogP contribution in [0.2, 0.25) is 5.02 Å². The van der Waals surface area contributed by atoms with Crippen LogP contribution < -0.4 is 15.5 Å². The molecule has 1 unspecified atom stereocenters. The van der Waals surface area contributed by atoms with E-state index in [2.05, 4.69) is 15.5 Å². The fourth-order valence-corrected chi connectivity index (χ4v) is 4.80. The number of carboxylic acid groups (broad SMARTS) is 1. The Balaban J connectivity index is 1.63. The van der Waals surface area contributed by atoms with E-state index in [-0.39, 0.29) is 35.3 Å². The number of ether oxygens (including phenoxy) is 1. The van der Waals surface area contributed by atoms with Crippen LogP contribution in [0.3, 0.4) is 0 Å². The fraction of sp³-hybridized carbons (Fsp3) is 0.440. The van der Waals surface area contributed by atoms with Crippen molar-refractivity contribution in [3.8, 4) is 0 Å². The summed E-state index contributed by atoms with van der Waals surface area (Å²) in [7, 11) is 0. The third-order valence-corrected chi connectivity index (χ3v) is 6.46. The van der Waals surface area contributed by atoms with Crippen molar-refractivity contribution in [1.82, 2.24) is 0 Å². The minimum Gasteiger partial charge on any atom is -0.481 e. The molecule has 9 heteroatoms. The highest BCUT2D eigenvalue weighted by atomic mass is 35.5. The van der Waals surface area contributed by atoms with Crippen molar-refractivity contribution >= 4 is 40.7 Å². The lowest BCUT2D eigenvalue weighted by atomic mass is 9.90. The number of hydrogen-bond donors (Lipinski definition) is 3. The molecule has 1 saturated carbocycles. The molecule has 3 N–H and O–H groups in total. The Morgan fingerprint density at radius 2 is 1.79 bits per heavy atom. The number of halogens is 2. The molecule has 4 rings (SSSR count). The van der Waals surface area contributed by atoms with Gasteiger partial charge in [0.2, 0.25) is 0 Å². The molecule has 3 atom stereocenters. The molecule has 1 aliphatic carbocycles. The normalized spacial score (nSPS) is 21.1. The maximum absolute atomic E-state index is 14.2. The Morgan fingerprint density at radius 1 is 1.12 bits per heavy atom. The predicted octanol–water partition coefficient (Wildman–Crippen LogP) is 5.71. The summed E-state index contributed by atoms with van der Waals surface area (Å²) < 4.78 is 20.0. The zero-order valence-electron chi connectivity index (χ0n) is 19.2. The van der Waals surface area contributed by atoms with Gasteiger partial charge in [-0.3, -0.25) is 4.79 Å². The maximum Gasteiger partial charge on any atom is 0.323 e. The largest absolute Gasteiger partial charge is 0.481 e. The average molecular weight is 490 g/mol. The Morgan fingerprint density at radius 3 is 2.41 bits per heavy atom. The van der Waals surface area contributed by atoms with E-state index in [9.17, 15) is 19.1 Å². The van der Waals surface area contributed by atoms with Gasteiger partial charge in [-0.25, -0.2) is 9.18 Å². The van der Waals surface area contributed by atoms with E-state index in [1.807, 2.05) is 32.0 Å². The summed E-state index contributed by atoms with van der Waals surface area (Å²) >= 11 is 5.80. The van der Waals surface area contributed by atoms with Gasteiger partial charge >= 0.3 is 12.0 Å². The minimum atomic E-state index is -0.845. The molecule has 1 aliphatic heterocycles. The van der Waals surface area contributed by atoms with E-state index >= 15 is 0 Å². The van der Waals surface area contributed by atoms with Crippen molar-refractivity contribution in [1.29, 1.82) is 0 Å². The molecular formula is C25H29ClFN3O4. The number of carbonyl (C=O) groups is 2. The van der Waals surface area contributed by atoms with Gasteiger partial charge in [-0.15, -0.1) is 0 Å². The molecule has 2 aliphatic rings. The summed E-state index contributed by atoms with van der Waals surface area (Å²) in [6.45, 7) is 5.28. The van der Waals surface area contributed by atoms with Gasteiger partial charge in [0.15, 0.2) is 0 Å². The number of nitrogens with one attached hydrogen (secondary N) is 2. The molecule has 1 heterocycles. The van der Waals surface area contributed by atoms with Crippen LogP contribution in [0.15, 0.2) is 36.4 Å². The number of benzene rings is 2. The van der Waals surface area contributed by atoms with Gasteiger partial charge in [-0.1, -0.05) is 17.7 Å². The van der Waals surface area contributed by atoms with Crippen LogP contribution >= 0.6 is 11.6 Å². The number of rotatable bonds is 7. The van der Waals surface area contributed by atoms with E-state index in [4.69, 9.17) is 16.3 Å². The number of amides is 2. The Kier molecular flexibility index (Phi) is 7.28. The van der Waals surface area contributed by atoms with E-state index in [0.29, 0.717) is 24.7 Å². The molecule has 0 aromatic heterocycles. The van der Waals surface area contributed by atoms with Gasteiger partial charge in [-0.05, 0) is 74.4 Å². The third-order valence-electron chi connectivity index (χ3n) is 6.22. The number of carboxylic acids is 1. The van der Waals surface area contributed by atoms with Crippen LogP contribution in [0.1, 0.15) is 44.6 Å². The Hall–Kier alpha value is -2.84. The molecule has 0 bridgehead atoms. The van der Waals surface area contributed by atoms with Crippen LogP contribution in [0.4, 0.5) is 26.2 Å². The molecule has 7 nitrogen and oxygen atoms in total. The van der Waals surface area contributed by atoms with Crippen LogP contribution in [-0.4, -0.2) is 42.4 Å². The number of nitrogens with zero attached hydrogens (tertiary/aromatic N) is 1. The first-order chi connectivity index (χ1) is 16.2. The molecule has 2 aromatic rings. The predicted molar refractivity (Wildman–Crippen MR) is 130 cm³/mol. The summed E-state index contributed by atoms with van der Waals surface area (Å²) in [4.78, 5) is 26.4. The van der Waals surface area contributed by atoms with Crippen molar-refractivity contribution in [3.63, 3.8) is 0 Å². The SMILES string of the molecule is C[C@@H]1CN(c2ccc(C(CC(=O)O)C3CC3)cc2NC(=O)Nc2ccc(Cl)cc2F)C[C@H](C)O1. The number of hydrogen-bond acceptors (Lipinski definition) is 4. The average Bonchev–Trinajstić information content (AvgIpc) is 3.58. The van der Waals surface area contributed by atoms with Gasteiger partial charge in [0.25, 0.3) is 0 Å². The second-order valence-corrected chi connectivity index (χ2v) is 9.62. The quantitative estimate of drug-likeness (QED) is 0.463. The summed E-state index contributed by atoms with van der Waals surface area (Å²) in [6.07, 6.45) is 2.06. The smallest absolute Gasteiger partial charge is 0.323 e. The van der Waals surface area contributed by atoms with E-state index in [1.165, 1.54) is 12.1 Å². The summed E-state index contributed by atoms with van der Waals surface area (Å²) in [5, 5.41) is 15.0. The Bertz CT molecular complexity index is 1070. The fourth-order valence-electron chi connectivity index (χ4n) is 4.64. The number of morpholine rings is 1. The summed E-state index contributed by atoms with van der Waals surface area (Å²) in [5.74, 6) is -1.27. The van der Waals surface area contributed by atoms with Crippen molar-refractivity contribution in [2.45, 2.75) is 51.2 Å². The van der Waals surface area contributed by atoms with Gasteiger partial charge in [0.05, 0.1) is 35.7 Å². The molecule has 2 aromatic carbocycles. The van der Waals surface area contributed by atoms with Crippen LogP contribution in [0, 0.1) is 11.7 Å². The first kappa shape index (κ1) is 24.3. The number of urea groups is 1. The highest BCUT2D eigenvalue weighted by Crippen LogP contribution is 2.46. The molecule has 0 radical (unpaired) electrons. The standard InChI is InChI=1S/C25H29ClFN3O4/c1-14-12-30(13-15(2)34-14)23-8-5-17(19(11-24(31)32)16-3-4-16)9-22(23)29-25(33)28-21-7-6-18(26)10-20(21)27/h5-10,14-16,19H,3-4,11-13H2,1-2H3,(H,31,32)(H2,28,29,33)/t14-,15+,19?. The van der Waals surface area contributed by atoms with Crippen molar-refractivity contribution in [2.75, 3.05) is 28.6 Å². The highest BCUT2D eigenvalue weighted by molar-refractivity contribution is 6.30. The van der Waals surface area contributed by atoms with Gasteiger partial charge in [0.1, 0.15) is 5.82 Å². The first-order valence-corrected chi connectivity index (χ1v) is 11.9. The highest BCUT2D eigenvalue weighted by Gasteiger charge is 2.34. The lowest BCUT2D eigenvalue weighted by Crippen LogP contribution is -2.45. The van der Waals surface area contributed by atoms with Gasteiger partial charge < -0.3 is 25.4 Å². The van der Waals surface area contributed by atoms with E-state index in [1.54, 1.807) is 0 Å². The molecule has 0 spiro atoms. The van der Waals surface area contributed by atoms with E-state index < -0.39 is 17.8 Å². The summed E-state index contributed by atoms with van der Waals surface area (Å²) in [5.41, 5.74) is 2.23. The molecule has 1 saturated heterocycles. The number of anilines is 3. The van der Waals surface area contributed by atoms with Crippen molar-refractivity contribution in [3.05, 3.63) is 52.8 Å². The molecule has 182 valence electrons. The lowest BCUT2D eigenvalue weighted by molar-refractivity contribution is -0.137. The van der Waals surface area contributed by atoms with E-state index in [0.717, 1.165) is 30.2 Å². The second-order valence-electron chi connectivity index (χ2n) is 9.18. The third kappa shape index (κ3) is 5.98. The summed E-state index contributed by atoms with van der Waals surface area (Å²) in [6, 6.07) is 9.15. The zero-order chi connectivity index (χ0) is 24.4. The van der Waals surface area contributed by atoms with Gasteiger partial charge in [0, 0.05) is 18.1 Å². The van der Waals surface area contributed by atoms with Crippen LogP contribution in [-0.2, 0) is 9.53 Å². The van der Waals surface area contributed by atoms with Crippen LogP contribution in [0.5, 0.6) is 0 Å². The monoisotopic (exact) mass is 489 g/mol. The topological polar surface area (TPSA) is 90.9 Å². The number of aliphatic carboxylic acids is 1.